The molecule has 1 aliphatic rings. The maximum absolute atomic E-state index is 12.2. The van der Waals surface area contributed by atoms with E-state index in [0.717, 1.165) is 51.4 Å². The van der Waals surface area contributed by atoms with Crippen molar-refractivity contribution >= 4 is 11.6 Å². The highest BCUT2D eigenvalue weighted by Crippen LogP contribution is 2.33. The van der Waals surface area contributed by atoms with E-state index in [0.29, 0.717) is 18.6 Å². The zero-order valence-corrected chi connectivity index (χ0v) is 15.7. The Balaban J connectivity index is 1.72. The average Bonchev–Trinajstić information content (AvgIpc) is 3.02. The predicted molar refractivity (Wildman–Crippen MR) is 105 cm³/mol. The SMILES string of the molecule is O=C(/C=C/C1CCC(=O)C1CCCCCCCO)CCc1ccccc1. The Morgan fingerprint density at radius 1 is 1.08 bits per heavy atom. The first-order valence-corrected chi connectivity index (χ1v) is 10.1. The second-order valence-electron chi connectivity index (χ2n) is 7.37. The van der Waals surface area contributed by atoms with Crippen LogP contribution in [0, 0.1) is 11.8 Å². The van der Waals surface area contributed by atoms with Crippen LogP contribution in [0.2, 0.25) is 0 Å². The third-order valence-electron chi connectivity index (χ3n) is 5.36. The summed E-state index contributed by atoms with van der Waals surface area (Å²) in [6, 6.07) is 10.1. The number of hydrogen-bond acceptors (Lipinski definition) is 3. The van der Waals surface area contributed by atoms with Crippen molar-refractivity contribution in [3.8, 4) is 0 Å². The summed E-state index contributed by atoms with van der Waals surface area (Å²) in [5.74, 6) is 0.856. The number of ketones is 2. The quantitative estimate of drug-likeness (QED) is 0.437. The van der Waals surface area contributed by atoms with Crippen LogP contribution in [-0.2, 0) is 16.0 Å². The summed E-state index contributed by atoms with van der Waals surface area (Å²) in [7, 11) is 0. The lowest BCUT2D eigenvalue weighted by Crippen LogP contribution is -2.13. The number of carbonyl (C=O) groups excluding carboxylic acids is 2. The predicted octanol–water partition coefficient (Wildman–Crippen LogP) is 4.67. The van der Waals surface area contributed by atoms with Gasteiger partial charge in [0.05, 0.1) is 0 Å². The first-order valence-electron chi connectivity index (χ1n) is 10.1. The molecule has 2 unspecified atom stereocenters. The minimum atomic E-state index is 0.103. The number of aliphatic hydroxyl groups excluding tert-OH is 1. The Morgan fingerprint density at radius 2 is 1.81 bits per heavy atom. The molecule has 2 atom stereocenters. The normalized spacial score (nSPS) is 20.1. The van der Waals surface area contributed by atoms with Crippen molar-refractivity contribution in [3.63, 3.8) is 0 Å². The van der Waals surface area contributed by atoms with Gasteiger partial charge in [-0.2, -0.15) is 0 Å². The number of hydrogen-bond donors (Lipinski definition) is 1. The number of Topliss-reactive ketones (excluding diaryl/α,β-unsaturated/α-hetero) is 1. The van der Waals surface area contributed by atoms with E-state index >= 15 is 0 Å². The molecule has 1 N–H and O–H groups in total. The van der Waals surface area contributed by atoms with Gasteiger partial charge in [0, 0.05) is 25.4 Å². The lowest BCUT2D eigenvalue weighted by atomic mass is 9.89. The van der Waals surface area contributed by atoms with Gasteiger partial charge in [0.25, 0.3) is 0 Å². The Hall–Kier alpha value is -1.74. The van der Waals surface area contributed by atoms with E-state index in [1.165, 1.54) is 5.56 Å². The molecule has 0 bridgehead atoms. The van der Waals surface area contributed by atoms with Gasteiger partial charge >= 0.3 is 0 Å². The van der Waals surface area contributed by atoms with Crippen LogP contribution < -0.4 is 0 Å². The van der Waals surface area contributed by atoms with Gasteiger partial charge in [0.15, 0.2) is 5.78 Å². The smallest absolute Gasteiger partial charge is 0.155 e. The van der Waals surface area contributed by atoms with Crippen molar-refractivity contribution in [2.24, 2.45) is 11.8 Å². The first-order chi connectivity index (χ1) is 12.7. The van der Waals surface area contributed by atoms with Crippen molar-refractivity contribution in [2.45, 2.75) is 64.2 Å². The highest BCUT2D eigenvalue weighted by molar-refractivity contribution is 5.90. The van der Waals surface area contributed by atoms with E-state index < -0.39 is 0 Å². The number of benzene rings is 1. The average molecular weight is 357 g/mol. The molecule has 0 amide bonds. The molecule has 1 aromatic rings. The van der Waals surface area contributed by atoms with Crippen molar-refractivity contribution in [3.05, 3.63) is 48.0 Å². The molecule has 3 heteroatoms. The molecule has 0 spiro atoms. The molecule has 3 nitrogen and oxygen atoms in total. The van der Waals surface area contributed by atoms with Gasteiger partial charge in [0.2, 0.25) is 0 Å². The van der Waals surface area contributed by atoms with Gasteiger partial charge in [-0.3, -0.25) is 9.59 Å². The van der Waals surface area contributed by atoms with Crippen LogP contribution in [0.4, 0.5) is 0 Å². The Labute approximate surface area is 157 Å². The van der Waals surface area contributed by atoms with E-state index in [1.54, 1.807) is 6.08 Å². The lowest BCUT2D eigenvalue weighted by molar-refractivity contribution is -0.121. The monoisotopic (exact) mass is 356 g/mol. The number of allylic oxidation sites excluding steroid dienone is 2. The van der Waals surface area contributed by atoms with Crippen molar-refractivity contribution in [1.29, 1.82) is 0 Å². The van der Waals surface area contributed by atoms with E-state index in [2.05, 4.69) is 0 Å². The van der Waals surface area contributed by atoms with Gasteiger partial charge < -0.3 is 5.11 Å². The second-order valence-corrected chi connectivity index (χ2v) is 7.37. The maximum Gasteiger partial charge on any atom is 0.155 e. The zero-order valence-electron chi connectivity index (χ0n) is 15.7. The Kier molecular flexibility index (Phi) is 9.33. The number of rotatable bonds is 12. The number of aliphatic hydroxyl groups is 1. The summed E-state index contributed by atoms with van der Waals surface area (Å²) < 4.78 is 0. The minimum Gasteiger partial charge on any atom is -0.396 e. The van der Waals surface area contributed by atoms with Gasteiger partial charge in [-0.15, -0.1) is 0 Å². The molecule has 1 aromatic carbocycles. The third kappa shape index (κ3) is 7.25. The van der Waals surface area contributed by atoms with E-state index in [4.69, 9.17) is 5.11 Å². The molecule has 1 aliphatic carbocycles. The summed E-state index contributed by atoms with van der Waals surface area (Å²) in [5, 5.41) is 8.79. The highest BCUT2D eigenvalue weighted by Gasteiger charge is 2.32. The number of unbranched alkanes of at least 4 members (excludes halogenated alkanes) is 4. The summed E-state index contributed by atoms with van der Waals surface area (Å²) in [4.78, 5) is 24.3. The van der Waals surface area contributed by atoms with E-state index in [9.17, 15) is 9.59 Å². The topological polar surface area (TPSA) is 54.4 Å². The molecule has 0 saturated heterocycles. The Morgan fingerprint density at radius 3 is 2.58 bits per heavy atom. The maximum atomic E-state index is 12.2. The summed E-state index contributed by atoms with van der Waals surface area (Å²) >= 11 is 0. The van der Waals surface area contributed by atoms with Gasteiger partial charge in [-0.25, -0.2) is 0 Å². The fourth-order valence-corrected chi connectivity index (χ4v) is 3.77. The zero-order chi connectivity index (χ0) is 18.6. The molecule has 2 rings (SSSR count). The van der Waals surface area contributed by atoms with Gasteiger partial charge in [-0.05, 0) is 43.2 Å². The fraction of sp³-hybridized carbons (Fsp3) is 0.565. The molecule has 0 heterocycles. The van der Waals surface area contributed by atoms with Crippen LogP contribution in [0.25, 0.3) is 0 Å². The lowest BCUT2D eigenvalue weighted by Gasteiger charge is -2.14. The number of carbonyl (C=O) groups is 2. The standard InChI is InChI=1S/C23H32O3/c24-18-8-3-1-2-7-11-22-20(14-17-23(22)26)13-16-21(25)15-12-19-9-5-4-6-10-19/h4-6,9-10,13,16,20,22,24H,1-3,7-8,11-12,14-15,17-18H2/b16-13+. The largest absolute Gasteiger partial charge is 0.396 e. The van der Waals surface area contributed by atoms with Crippen LogP contribution in [0.15, 0.2) is 42.5 Å². The fourth-order valence-electron chi connectivity index (χ4n) is 3.77. The summed E-state index contributed by atoms with van der Waals surface area (Å²) in [6.07, 6.45) is 12.7. The van der Waals surface area contributed by atoms with Crippen LogP contribution >= 0.6 is 0 Å². The molecular formula is C23H32O3. The molecule has 26 heavy (non-hydrogen) atoms. The van der Waals surface area contributed by atoms with Crippen LogP contribution in [0.3, 0.4) is 0 Å². The minimum absolute atomic E-state index is 0.103. The first kappa shape index (κ1) is 20.6. The molecule has 142 valence electrons. The summed E-state index contributed by atoms with van der Waals surface area (Å²) in [5.41, 5.74) is 1.18. The molecule has 1 fully saturated rings. The van der Waals surface area contributed by atoms with Gasteiger partial charge in [-0.1, -0.05) is 62.1 Å². The molecule has 1 saturated carbocycles. The highest BCUT2D eigenvalue weighted by atomic mass is 16.2. The van der Waals surface area contributed by atoms with Crippen molar-refractivity contribution < 1.29 is 14.7 Å². The molecular weight excluding hydrogens is 324 g/mol. The second kappa shape index (κ2) is 11.8. The van der Waals surface area contributed by atoms with Crippen LogP contribution in [-0.4, -0.2) is 23.3 Å². The van der Waals surface area contributed by atoms with Crippen molar-refractivity contribution in [2.75, 3.05) is 6.61 Å². The van der Waals surface area contributed by atoms with E-state index in [-0.39, 0.29) is 24.2 Å². The molecule has 0 aliphatic heterocycles. The summed E-state index contributed by atoms with van der Waals surface area (Å²) in [6.45, 7) is 0.270. The van der Waals surface area contributed by atoms with E-state index in [1.807, 2.05) is 36.4 Å². The molecule has 0 aromatic heterocycles. The molecule has 0 radical (unpaired) electrons. The Bertz CT molecular complexity index is 576. The van der Waals surface area contributed by atoms with Gasteiger partial charge in [0.1, 0.15) is 5.78 Å². The van der Waals surface area contributed by atoms with Crippen LogP contribution in [0.5, 0.6) is 0 Å². The number of aryl methyl sites for hydroxylation is 1. The van der Waals surface area contributed by atoms with Crippen molar-refractivity contribution in [1.82, 2.24) is 0 Å². The third-order valence-corrected chi connectivity index (χ3v) is 5.36. The van der Waals surface area contributed by atoms with Crippen LogP contribution in [0.1, 0.15) is 63.4 Å².